The van der Waals surface area contributed by atoms with E-state index in [1.54, 1.807) is 0 Å². The molecule has 0 amide bonds. The van der Waals surface area contributed by atoms with Crippen LogP contribution in [0.1, 0.15) is 33.7 Å². The van der Waals surface area contributed by atoms with Crippen molar-refractivity contribution < 1.29 is 4.79 Å². The summed E-state index contributed by atoms with van der Waals surface area (Å²) in [4.78, 5) is 13.4. The predicted molar refractivity (Wildman–Crippen MR) is 122 cm³/mol. The molecule has 4 aromatic rings. The third kappa shape index (κ3) is 4.07. The highest BCUT2D eigenvalue weighted by atomic mass is 32.2. The summed E-state index contributed by atoms with van der Waals surface area (Å²) in [6.07, 6.45) is 0. The minimum absolute atomic E-state index is 0.0647. The van der Waals surface area contributed by atoms with Gasteiger partial charge in [0.05, 0.1) is 0 Å². The van der Waals surface area contributed by atoms with E-state index in [1.165, 1.54) is 11.8 Å². The maximum absolute atomic E-state index is 13.4. The molecule has 0 bridgehead atoms. The maximum Gasteiger partial charge on any atom is 0.192 e. The van der Waals surface area contributed by atoms with Gasteiger partial charge in [0.2, 0.25) is 0 Å². The first kappa shape index (κ1) is 20.1. The zero-order valence-corrected chi connectivity index (χ0v) is 17.8. The Morgan fingerprint density at radius 1 is 0.900 bits per heavy atom. The minimum Gasteiger partial charge on any atom is -0.302 e. The Bertz CT molecular complexity index is 1140. The second-order valence-corrected chi connectivity index (χ2v) is 8.08. The molecular weight excluding hydrogens is 390 g/mol. The summed E-state index contributed by atoms with van der Waals surface area (Å²) in [6.45, 7) is 4.87. The number of rotatable bonds is 7. The van der Waals surface area contributed by atoms with Gasteiger partial charge in [-0.05, 0) is 25.0 Å². The van der Waals surface area contributed by atoms with E-state index >= 15 is 0 Å². The highest BCUT2D eigenvalue weighted by molar-refractivity contribution is 8.00. The molecule has 150 valence electrons. The predicted octanol–water partition coefficient (Wildman–Crippen LogP) is 5.99. The summed E-state index contributed by atoms with van der Waals surface area (Å²) in [7, 11) is 0. The van der Waals surface area contributed by atoms with Gasteiger partial charge in [0.25, 0.3) is 0 Å². The Balaban J connectivity index is 1.74. The van der Waals surface area contributed by atoms with Crippen LogP contribution < -0.4 is 0 Å². The Morgan fingerprint density at radius 2 is 1.53 bits per heavy atom. The lowest BCUT2D eigenvalue weighted by Crippen LogP contribution is -2.11. The monoisotopic (exact) mass is 413 g/mol. The summed E-state index contributed by atoms with van der Waals surface area (Å²) in [5.74, 6) is 0.895. The van der Waals surface area contributed by atoms with E-state index in [1.807, 2.05) is 72.8 Å². The number of carbonyl (C=O) groups excluding carboxylic acids is 1. The van der Waals surface area contributed by atoms with Gasteiger partial charge in [-0.1, -0.05) is 96.7 Å². The summed E-state index contributed by atoms with van der Waals surface area (Å²) in [5, 5.41) is 9.30. The standard InChI is InChI=1S/C25H23N3OS/c1-3-28-24(21-17-11-10-12-18(21)2)26-27-25(28)30-23(20-15-8-5-9-16-20)22(29)19-13-6-4-7-14-19/h4-17,23H,3H2,1-2H3/t23-/m0/s1. The second-order valence-electron chi connectivity index (χ2n) is 7.00. The van der Waals surface area contributed by atoms with Crippen LogP contribution in [0.4, 0.5) is 0 Å². The molecule has 0 spiro atoms. The third-order valence-electron chi connectivity index (χ3n) is 5.04. The second kappa shape index (κ2) is 9.09. The van der Waals surface area contributed by atoms with Crippen LogP contribution in [0.5, 0.6) is 0 Å². The number of Topliss-reactive ketones (excluding diaryl/α,β-unsaturated/α-hetero) is 1. The molecule has 5 heteroatoms. The Morgan fingerprint density at radius 3 is 2.20 bits per heavy atom. The molecule has 1 atom stereocenters. The number of hydrogen-bond donors (Lipinski definition) is 0. The largest absolute Gasteiger partial charge is 0.302 e. The Labute approximate surface area is 181 Å². The number of ketones is 1. The van der Waals surface area contributed by atoms with Crippen LogP contribution in [0.25, 0.3) is 11.4 Å². The molecule has 0 aliphatic heterocycles. The number of carbonyl (C=O) groups is 1. The Kier molecular flexibility index (Phi) is 6.10. The molecule has 0 aliphatic rings. The molecule has 0 radical (unpaired) electrons. The van der Waals surface area contributed by atoms with Crippen LogP contribution in [-0.2, 0) is 6.54 Å². The molecule has 1 heterocycles. The molecule has 30 heavy (non-hydrogen) atoms. The number of hydrogen-bond acceptors (Lipinski definition) is 4. The SMILES string of the molecule is CCn1c(S[C@H](C(=O)c2ccccc2)c2ccccc2)nnc1-c1ccccc1C. The van der Waals surface area contributed by atoms with E-state index in [0.29, 0.717) is 5.56 Å². The van der Waals surface area contributed by atoms with E-state index in [-0.39, 0.29) is 5.78 Å². The fraction of sp³-hybridized carbons (Fsp3) is 0.160. The average Bonchev–Trinajstić information content (AvgIpc) is 3.21. The number of aromatic nitrogens is 3. The summed E-state index contributed by atoms with van der Waals surface area (Å²) < 4.78 is 2.08. The smallest absolute Gasteiger partial charge is 0.192 e. The van der Waals surface area contributed by atoms with Crippen molar-refractivity contribution in [3.05, 3.63) is 102 Å². The van der Waals surface area contributed by atoms with Gasteiger partial charge in [-0.2, -0.15) is 0 Å². The van der Waals surface area contributed by atoms with Crippen molar-refractivity contribution in [3.63, 3.8) is 0 Å². The van der Waals surface area contributed by atoms with Gasteiger partial charge in [-0.15, -0.1) is 10.2 Å². The van der Waals surface area contributed by atoms with Crippen molar-refractivity contribution in [1.82, 2.24) is 14.8 Å². The van der Waals surface area contributed by atoms with Crippen LogP contribution in [0, 0.1) is 6.92 Å². The van der Waals surface area contributed by atoms with Crippen molar-refractivity contribution in [2.24, 2.45) is 0 Å². The van der Waals surface area contributed by atoms with Crippen LogP contribution in [0.15, 0.2) is 90.1 Å². The zero-order chi connectivity index (χ0) is 20.9. The molecule has 0 saturated carbocycles. The van der Waals surface area contributed by atoms with E-state index < -0.39 is 5.25 Å². The molecular formula is C25H23N3OS. The van der Waals surface area contributed by atoms with Gasteiger partial charge < -0.3 is 4.57 Å². The molecule has 4 nitrogen and oxygen atoms in total. The normalized spacial score (nSPS) is 11.9. The minimum atomic E-state index is -0.396. The highest BCUT2D eigenvalue weighted by Crippen LogP contribution is 2.38. The van der Waals surface area contributed by atoms with Crippen molar-refractivity contribution in [2.75, 3.05) is 0 Å². The fourth-order valence-corrected chi connectivity index (χ4v) is 4.62. The molecule has 0 unspecified atom stereocenters. The van der Waals surface area contributed by atoms with E-state index in [9.17, 15) is 4.79 Å². The van der Waals surface area contributed by atoms with Crippen molar-refractivity contribution in [2.45, 2.75) is 30.8 Å². The lowest BCUT2D eigenvalue weighted by molar-refractivity contribution is 0.0989. The topological polar surface area (TPSA) is 47.8 Å². The third-order valence-corrected chi connectivity index (χ3v) is 6.28. The van der Waals surface area contributed by atoms with Crippen LogP contribution in [0.3, 0.4) is 0 Å². The van der Waals surface area contributed by atoms with E-state index in [2.05, 4.69) is 40.7 Å². The first-order valence-electron chi connectivity index (χ1n) is 9.99. The maximum atomic E-state index is 13.4. The van der Waals surface area contributed by atoms with Gasteiger partial charge in [-0.3, -0.25) is 4.79 Å². The molecule has 1 aromatic heterocycles. The zero-order valence-electron chi connectivity index (χ0n) is 17.0. The highest BCUT2D eigenvalue weighted by Gasteiger charge is 2.26. The van der Waals surface area contributed by atoms with Crippen LogP contribution >= 0.6 is 11.8 Å². The van der Waals surface area contributed by atoms with E-state index in [4.69, 9.17) is 0 Å². The van der Waals surface area contributed by atoms with Crippen molar-refractivity contribution in [1.29, 1.82) is 0 Å². The lowest BCUT2D eigenvalue weighted by atomic mass is 10.0. The van der Waals surface area contributed by atoms with Gasteiger partial charge in [-0.25, -0.2) is 0 Å². The molecule has 0 aliphatic carbocycles. The first-order chi connectivity index (χ1) is 14.7. The summed E-state index contributed by atoms with van der Waals surface area (Å²) in [5.41, 5.74) is 3.86. The molecule has 0 saturated heterocycles. The van der Waals surface area contributed by atoms with Gasteiger partial charge in [0.1, 0.15) is 5.25 Å². The molecule has 0 N–H and O–H groups in total. The molecule has 0 fully saturated rings. The summed E-state index contributed by atoms with van der Waals surface area (Å²) in [6, 6.07) is 27.5. The first-order valence-corrected chi connectivity index (χ1v) is 10.9. The lowest BCUT2D eigenvalue weighted by Gasteiger charge is -2.16. The number of benzene rings is 3. The van der Waals surface area contributed by atoms with Crippen LogP contribution in [0.2, 0.25) is 0 Å². The van der Waals surface area contributed by atoms with Gasteiger partial charge in [0, 0.05) is 17.7 Å². The fourth-order valence-electron chi connectivity index (χ4n) is 3.44. The Hall–Kier alpha value is -3.18. The van der Waals surface area contributed by atoms with Gasteiger partial charge >= 0.3 is 0 Å². The van der Waals surface area contributed by atoms with Crippen LogP contribution in [-0.4, -0.2) is 20.5 Å². The number of nitrogens with zero attached hydrogens (tertiary/aromatic N) is 3. The van der Waals surface area contributed by atoms with Crippen molar-refractivity contribution >= 4 is 17.5 Å². The van der Waals surface area contributed by atoms with E-state index in [0.717, 1.165) is 34.2 Å². The quantitative estimate of drug-likeness (QED) is 0.276. The summed E-state index contributed by atoms with van der Waals surface area (Å²) >= 11 is 1.46. The molecule has 3 aromatic carbocycles. The number of aryl methyl sites for hydroxylation is 1. The van der Waals surface area contributed by atoms with Crippen molar-refractivity contribution in [3.8, 4) is 11.4 Å². The number of thioether (sulfide) groups is 1. The van der Waals surface area contributed by atoms with Gasteiger partial charge in [0.15, 0.2) is 16.8 Å². The average molecular weight is 414 g/mol. The molecule has 4 rings (SSSR count).